The molecule has 1 N–H and O–H groups in total. The van der Waals surface area contributed by atoms with Gasteiger partial charge in [0.1, 0.15) is 5.75 Å². The quantitative estimate of drug-likeness (QED) is 0.455. The molecule has 3 heterocycles. The molecule has 0 atom stereocenters. The van der Waals surface area contributed by atoms with Gasteiger partial charge in [-0.3, -0.25) is 14.9 Å². The second-order valence-corrected chi connectivity index (χ2v) is 8.61. The average Bonchev–Trinajstić information content (AvgIpc) is 3.25. The molecule has 0 aliphatic heterocycles. The van der Waals surface area contributed by atoms with E-state index in [2.05, 4.69) is 20.2 Å². The second kappa shape index (κ2) is 8.03. The Morgan fingerprint density at radius 1 is 1.03 bits per heavy atom. The van der Waals surface area contributed by atoms with E-state index in [0.717, 1.165) is 10.9 Å². The molecule has 0 aliphatic carbocycles. The number of ether oxygens (including phenoxy) is 1. The number of hydrogen-bond donors (Lipinski definition) is 1. The first-order valence-electron chi connectivity index (χ1n) is 9.13. The van der Waals surface area contributed by atoms with Gasteiger partial charge in [-0.05, 0) is 30.2 Å². The van der Waals surface area contributed by atoms with Crippen molar-refractivity contribution in [2.45, 2.75) is 22.6 Å². The number of aryl methyl sites for hydroxylation is 1. The number of H-pyrrole nitrogens is 1. The zero-order valence-corrected chi connectivity index (χ0v) is 16.9. The van der Waals surface area contributed by atoms with Crippen LogP contribution in [0.15, 0.2) is 71.0 Å². The number of carbonyl (C=O) groups excluding carboxylic acids is 1. The summed E-state index contributed by atoms with van der Waals surface area (Å²) in [5, 5.41) is 7.42. The SMILES string of the molecule is COc1cncc(S(=O)(=O)c2ccc(CCC(=O)c3cnc4[nH]ncc4c3)cc2)c1. The van der Waals surface area contributed by atoms with Gasteiger partial charge in [0.05, 0.1) is 29.3 Å². The third kappa shape index (κ3) is 3.92. The highest BCUT2D eigenvalue weighted by Crippen LogP contribution is 2.24. The van der Waals surface area contributed by atoms with Crippen molar-refractivity contribution in [3.05, 3.63) is 72.3 Å². The van der Waals surface area contributed by atoms with Crippen LogP contribution in [0, 0.1) is 0 Å². The lowest BCUT2D eigenvalue weighted by Crippen LogP contribution is -2.04. The van der Waals surface area contributed by atoms with Crippen molar-refractivity contribution in [1.82, 2.24) is 20.2 Å². The summed E-state index contributed by atoms with van der Waals surface area (Å²) in [5.41, 5.74) is 2.02. The molecular weight excluding hydrogens is 404 g/mol. The van der Waals surface area contributed by atoms with Gasteiger partial charge in [-0.2, -0.15) is 5.10 Å². The van der Waals surface area contributed by atoms with Gasteiger partial charge in [0.2, 0.25) is 9.84 Å². The van der Waals surface area contributed by atoms with E-state index >= 15 is 0 Å². The van der Waals surface area contributed by atoms with Crippen LogP contribution in [0.4, 0.5) is 0 Å². The van der Waals surface area contributed by atoms with E-state index in [1.165, 1.54) is 43.9 Å². The number of ketones is 1. The number of sulfone groups is 1. The summed E-state index contributed by atoms with van der Waals surface area (Å²) in [5.74, 6) is 0.332. The highest BCUT2D eigenvalue weighted by molar-refractivity contribution is 7.91. The fraction of sp³-hybridized carbons (Fsp3) is 0.143. The van der Waals surface area contributed by atoms with Crippen molar-refractivity contribution in [2.75, 3.05) is 7.11 Å². The average molecular weight is 422 g/mol. The first-order chi connectivity index (χ1) is 14.5. The molecule has 9 heteroatoms. The monoisotopic (exact) mass is 422 g/mol. The maximum Gasteiger partial charge on any atom is 0.208 e. The zero-order chi connectivity index (χ0) is 21.1. The number of aromatic nitrogens is 4. The fourth-order valence-corrected chi connectivity index (χ4v) is 4.26. The Labute approximate surface area is 172 Å². The fourth-order valence-electron chi connectivity index (χ4n) is 3.02. The van der Waals surface area contributed by atoms with Crippen molar-refractivity contribution in [2.24, 2.45) is 0 Å². The minimum atomic E-state index is -3.70. The number of hydrogen-bond acceptors (Lipinski definition) is 7. The molecule has 3 aromatic heterocycles. The maximum atomic E-state index is 12.8. The molecule has 0 unspecified atom stereocenters. The number of aromatic amines is 1. The number of pyridine rings is 2. The van der Waals surface area contributed by atoms with E-state index in [1.807, 2.05) is 0 Å². The number of benzene rings is 1. The third-order valence-corrected chi connectivity index (χ3v) is 6.46. The van der Waals surface area contributed by atoms with E-state index in [9.17, 15) is 13.2 Å². The summed E-state index contributed by atoms with van der Waals surface area (Å²) in [6, 6.07) is 9.68. The predicted octanol–water partition coefficient (Wildman–Crippen LogP) is 3.01. The van der Waals surface area contributed by atoms with Crippen molar-refractivity contribution < 1.29 is 17.9 Å². The molecule has 0 aliphatic rings. The number of nitrogens with zero attached hydrogens (tertiary/aromatic N) is 3. The zero-order valence-electron chi connectivity index (χ0n) is 16.1. The Bertz CT molecular complexity index is 1310. The minimum Gasteiger partial charge on any atom is -0.495 e. The Morgan fingerprint density at radius 2 is 1.83 bits per heavy atom. The molecule has 0 fully saturated rings. The van der Waals surface area contributed by atoms with Crippen LogP contribution >= 0.6 is 0 Å². The lowest BCUT2D eigenvalue weighted by molar-refractivity contribution is 0.0982. The van der Waals surface area contributed by atoms with Gasteiger partial charge in [0.25, 0.3) is 0 Å². The lowest BCUT2D eigenvalue weighted by Gasteiger charge is -2.07. The Balaban J connectivity index is 1.46. The van der Waals surface area contributed by atoms with Crippen LogP contribution in [-0.4, -0.2) is 41.5 Å². The highest BCUT2D eigenvalue weighted by atomic mass is 32.2. The number of nitrogens with one attached hydrogen (secondary N) is 1. The molecule has 4 aromatic rings. The Kier molecular flexibility index (Phi) is 5.28. The molecule has 0 saturated carbocycles. The Morgan fingerprint density at radius 3 is 2.60 bits per heavy atom. The van der Waals surface area contributed by atoms with Crippen LogP contribution in [0.25, 0.3) is 11.0 Å². The lowest BCUT2D eigenvalue weighted by atomic mass is 10.0. The first kappa shape index (κ1) is 19.7. The predicted molar refractivity (Wildman–Crippen MR) is 109 cm³/mol. The van der Waals surface area contributed by atoms with Crippen molar-refractivity contribution in [3.63, 3.8) is 0 Å². The maximum absolute atomic E-state index is 12.8. The van der Waals surface area contributed by atoms with Crippen LogP contribution in [0.1, 0.15) is 22.3 Å². The number of fused-ring (bicyclic) bond motifs is 1. The molecular formula is C21H18N4O4S. The molecule has 8 nitrogen and oxygen atoms in total. The van der Waals surface area contributed by atoms with Crippen LogP contribution < -0.4 is 4.74 Å². The summed E-state index contributed by atoms with van der Waals surface area (Å²) >= 11 is 0. The van der Waals surface area contributed by atoms with E-state index in [4.69, 9.17) is 4.74 Å². The van der Waals surface area contributed by atoms with Gasteiger partial charge in [-0.1, -0.05) is 12.1 Å². The normalized spacial score (nSPS) is 11.5. The first-order valence-corrected chi connectivity index (χ1v) is 10.6. The summed E-state index contributed by atoms with van der Waals surface area (Å²) in [7, 11) is -2.25. The molecule has 30 heavy (non-hydrogen) atoms. The standard InChI is InChI=1S/C21H18N4O4S/c1-29-17-9-19(13-22-12-17)30(27,28)18-5-2-14(3-6-18)4-7-20(26)15-8-16-11-24-25-21(16)23-10-15/h2-3,5-6,8-13H,4,7H2,1H3,(H,23,24,25). The second-order valence-electron chi connectivity index (χ2n) is 6.66. The van der Waals surface area contributed by atoms with Crippen LogP contribution in [-0.2, 0) is 16.3 Å². The topological polar surface area (TPSA) is 115 Å². The van der Waals surface area contributed by atoms with E-state index in [0.29, 0.717) is 23.4 Å². The number of Topliss-reactive ketones (excluding diaryl/α,β-unsaturated/α-hetero) is 1. The minimum absolute atomic E-state index is 0.0373. The van der Waals surface area contributed by atoms with Crippen molar-refractivity contribution in [3.8, 4) is 5.75 Å². The van der Waals surface area contributed by atoms with Gasteiger partial charge in [0, 0.05) is 35.8 Å². The van der Waals surface area contributed by atoms with Gasteiger partial charge < -0.3 is 4.74 Å². The van der Waals surface area contributed by atoms with E-state index in [1.54, 1.807) is 24.4 Å². The smallest absolute Gasteiger partial charge is 0.208 e. The van der Waals surface area contributed by atoms with Gasteiger partial charge in [0.15, 0.2) is 11.4 Å². The molecule has 0 bridgehead atoms. The van der Waals surface area contributed by atoms with Crippen molar-refractivity contribution in [1.29, 1.82) is 0 Å². The molecule has 4 rings (SSSR count). The van der Waals surface area contributed by atoms with Crippen LogP contribution in [0.2, 0.25) is 0 Å². The Hall–Kier alpha value is -3.59. The molecule has 152 valence electrons. The summed E-state index contributed by atoms with van der Waals surface area (Å²) in [6.45, 7) is 0. The van der Waals surface area contributed by atoms with Gasteiger partial charge in [-0.25, -0.2) is 13.4 Å². The van der Waals surface area contributed by atoms with Gasteiger partial charge in [-0.15, -0.1) is 0 Å². The molecule has 0 spiro atoms. The largest absolute Gasteiger partial charge is 0.495 e. The summed E-state index contributed by atoms with van der Waals surface area (Å²) < 4.78 is 30.6. The van der Waals surface area contributed by atoms with Crippen LogP contribution in [0.3, 0.4) is 0 Å². The molecule has 0 radical (unpaired) electrons. The van der Waals surface area contributed by atoms with E-state index in [-0.39, 0.29) is 22.0 Å². The number of rotatable bonds is 7. The van der Waals surface area contributed by atoms with Crippen molar-refractivity contribution >= 4 is 26.7 Å². The summed E-state index contributed by atoms with van der Waals surface area (Å²) in [4.78, 5) is 20.8. The molecule has 0 amide bonds. The highest BCUT2D eigenvalue weighted by Gasteiger charge is 2.19. The molecule has 1 aromatic carbocycles. The van der Waals surface area contributed by atoms with E-state index < -0.39 is 9.84 Å². The number of methoxy groups -OCH3 is 1. The van der Waals surface area contributed by atoms with Crippen LogP contribution in [0.5, 0.6) is 5.75 Å². The summed E-state index contributed by atoms with van der Waals surface area (Å²) in [6.07, 6.45) is 6.66. The van der Waals surface area contributed by atoms with Gasteiger partial charge >= 0.3 is 0 Å². The number of carbonyl (C=O) groups is 1. The molecule has 0 saturated heterocycles. The third-order valence-electron chi connectivity index (χ3n) is 4.72.